The topological polar surface area (TPSA) is 62.1 Å². The molecule has 0 heterocycles. The van der Waals surface area contributed by atoms with Crippen LogP contribution in [0.25, 0.3) is 0 Å². The van der Waals surface area contributed by atoms with Crippen LogP contribution < -0.4 is 10.1 Å². The van der Waals surface area contributed by atoms with Gasteiger partial charge in [0.05, 0.1) is 13.2 Å². The number of nitrogens with one attached hydrogen (secondary N) is 1. The molecule has 0 saturated heterocycles. The van der Waals surface area contributed by atoms with Crippen LogP contribution in [0.15, 0.2) is 54.6 Å². The van der Waals surface area contributed by atoms with E-state index in [1.807, 2.05) is 42.5 Å². The molecular weight excluding hydrogens is 264 g/mol. The lowest BCUT2D eigenvalue weighted by Gasteiger charge is -2.11. The minimum absolute atomic E-state index is 0.300. The van der Waals surface area contributed by atoms with Crippen molar-refractivity contribution in [2.45, 2.75) is 6.42 Å². The fourth-order valence-corrected chi connectivity index (χ4v) is 1.98. The van der Waals surface area contributed by atoms with Crippen molar-refractivity contribution in [1.29, 1.82) is 5.26 Å². The van der Waals surface area contributed by atoms with Gasteiger partial charge < -0.3 is 10.1 Å². The van der Waals surface area contributed by atoms with E-state index < -0.39 is 5.92 Å². The number of nitrogens with zero attached hydrogens (tertiary/aromatic N) is 1. The third-order valence-corrected chi connectivity index (χ3v) is 3.09. The molecule has 0 saturated carbocycles. The molecule has 0 unspecified atom stereocenters. The zero-order valence-corrected chi connectivity index (χ0v) is 11.7. The molecule has 0 aliphatic carbocycles. The minimum atomic E-state index is -0.739. The van der Waals surface area contributed by atoms with Gasteiger partial charge in [0, 0.05) is 5.69 Å². The molecule has 106 valence electrons. The molecule has 1 N–H and O–H groups in total. The maximum atomic E-state index is 12.1. The third-order valence-electron chi connectivity index (χ3n) is 3.09. The number of rotatable bonds is 5. The van der Waals surface area contributed by atoms with Gasteiger partial charge in [-0.15, -0.1) is 0 Å². The maximum absolute atomic E-state index is 12.1. The summed E-state index contributed by atoms with van der Waals surface area (Å²) in [5, 5.41) is 12.0. The van der Waals surface area contributed by atoms with Crippen LogP contribution in [0, 0.1) is 17.2 Å². The van der Waals surface area contributed by atoms with Crippen LogP contribution >= 0.6 is 0 Å². The number of nitriles is 1. The van der Waals surface area contributed by atoms with E-state index in [1.54, 1.807) is 19.2 Å². The van der Waals surface area contributed by atoms with Crippen LogP contribution in [0.2, 0.25) is 0 Å². The lowest BCUT2D eigenvalue weighted by Crippen LogP contribution is -2.23. The minimum Gasteiger partial charge on any atom is -0.497 e. The molecule has 2 rings (SSSR count). The molecule has 0 radical (unpaired) electrons. The molecule has 0 aliphatic rings. The van der Waals surface area contributed by atoms with Crippen LogP contribution in [0.4, 0.5) is 5.69 Å². The van der Waals surface area contributed by atoms with Crippen molar-refractivity contribution in [1.82, 2.24) is 0 Å². The Morgan fingerprint density at radius 3 is 2.67 bits per heavy atom. The van der Waals surface area contributed by atoms with E-state index in [0.29, 0.717) is 17.9 Å². The van der Waals surface area contributed by atoms with Gasteiger partial charge in [-0.3, -0.25) is 4.79 Å². The third kappa shape index (κ3) is 4.08. The Morgan fingerprint density at radius 2 is 2.00 bits per heavy atom. The van der Waals surface area contributed by atoms with E-state index in [9.17, 15) is 10.1 Å². The van der Waals surface area contributed by atoms with Crippen molar-refractivity contribution in [2.24, 2.45) is 5.92 Å². The molecule has 0 spiro atoms. The first-order chi connectivity index (χ1) is 10.2. The normalized spacial score (nSPS) is 11.2. The van der Waals surface area contributed by atoms with Gasteiger partial charge in [-0.25, -0.2) is 0 Å². The highest BCUT2D eigenvalue weighted by Crippen LogP contribution is 2.17. The average molecular weight is 280 g/mol. The quantitative estimate of drug-likeness (QED) is 0.915. The number of hydrogen-bond donors (Lipinski definition) is 1. The summed E-state index contributed by atoms with van der Waals surface area (Å²) in [6.07, 6.45) is 0.354. The fourth-order valence-electron chi connectivity index (χ4n) is 1.98. The molecule has 2 aromatic rings. The number of ether oxygens (including phenoxy) is 1. The van der Waals surface area contributed by atoms with Crippen LogP contribution in [-0.4, -0.2) is 13.0 Å². The van der Waals surface area contributed by atoms with E-state index in [0.717, 1.165) is 5.56 Å². The van der Waals surface area contributed by atoms with Gasteiger partial charge in [-0.05, 0) is 36.2 Å². The number of para-hydroxylation sites is 1. The summed E-state index contributed by atoms with van der Waals surface area (Å²) >= 11 is 0. The van der Waals surface area contributed by atoms with Gasteiger partial charge in [0.1, 0.15) is 11.7 Å². The largest absolute Gasteiger partial charge is 0.497 e. The van der Waals surface area contributed by atoms with E-state index in [1.165, 1.54) is 0 Å². The highest BCUT2D eigenvalue weighted by molar-refractivity contribution is 5.94. The number of hydrogen-bond acceptors (Lipinski definition) is 3. The van der Waals surface area contributed by atoms with Crippen molar-refractivity contribution >= 4 is 11.6 Å². The highest BCUT2D eigenvalue weighted by atomic mass is 16.5. The molecule has 21 heavy (non-hydrogen) atoms. The number of carbonyl (C=O) groups is 1. The number of methoxy groups -OCH3 is 1. The number of amides is 1. The van der Waals surface area contributed by atoms with E-state index in [2.05, 4.69) is 11.4 Å². The van der Waals surface area contributed by atoms with Gasteiger partial charge in [0.2, 0.25) is 5.91 Å². The lowest BCUT2D eigenvalue weighted by molar-refractivity contribution is -0.118. The van der Waals surface area contributed by atoms with E-state index in [-0.39, 0.29) is 5.91 Å². The molecule has 4 nitrogen and oxygen atoms in total. The van der Waals surface area contributed by atoms with E-state index in [4.69, 9.17) is 4.74 Å². The lowest BCUT2D eigenvalue weighted by atomic mass is 9.99. The molecule has 0 fully saturated rings. The molecule has 0 aromatic heterocycles. The predicted molar refractivity (Wildman–Crippen MR) is 80.9 cm³/mol. The Labute approximate surface area is 124 Å². The first-order valence-corrected chi connectivity index (χ1v) is 6.61. The Morgan fingerprint density at radius 1 is 1.24 bits per heavy atom. The number of carbonyl (C=O) groups excluding carboxylic acids is 1. The van der Waals surface area contributed by atoms with Crippen molar-refractivity contribution in [3.8, 4) is 11.8 Å². The van der Waals surface area contributed by atoms with E-state index >= 15 is 0 Å². The van der Waals surface area contributed by atoms with Crippen LogP contribution in [0.1, 0.15) is 5.56 Å². The van der Waals surface area contributed by atoms with Gasteiger partial charge in [0.25, 0.3) is 0 Å². The smallest absolute Gasteiger partial charge is 0.242 e. The standard InChI is InChI=1S/C17H16N2O2/c1-21-16-9-5-6-13(11-16)10-14(12-18)17(20)19-15-7-3-2-4-8-15/h2-9,11,14H,10H2,1H3,(H,19,20)/t14-/m1/s1. The predicted octanol–water partition coefficient (Wildman–Crippen LogP) is 3.02. The molecule has 0 bridgehead atoms. The molecule has 1 atom stereocenters. The summed E-state index contributed by atoms with van der Waals surface area (Å²) in [6, 6.07) is 18.6. The molecule has 0 aliphatic heterocycles. The molecule has 2 aromatic carbocycles. The zero-order chi connectivity index (χ0) is 15.1. The Hall–Kier alpha value is -2.80. The fraction of sp³-hybridized carbons (Fsp3) is 0.176. The maximum Gasteiger partial charge on any atom is 0.242 e. The van der Waals surface area contributed by atoms with Crippen LogP contribution in [0.5, 0.6) is 5.75 Å². The van der Waals surface area contributed by atoms with Crippen molar-refractivity contribution in [3.05, 3.63) is 60.2 Å². The second-order valence-corrected chi connectivity index (χ2v) is 4.59. The zero-order valence-electron chi connectivity index (χ0n) is 11.7. The number of benzene rings is 2. The second-order valence-electron chi connectivity index (χ2n) is 4.59. The summed E-state index contributed by atoms with van der Waals surface area (Å²) < 4.78 is 5.14. The summed E-state index contributed by atoms with van der Waals surface area (Å²) in [5.74, 6) is -0.323. The van der Waals surface area contributed by atoms with Crippen molar-refractivity contribution in [3.63, 3.8) is 0 Å². The summed E-state index contributed by atoms with van der Waals surface area (Å²) in [7, 11) is 1.59. The van der Waals surface area contributed by atoms with Crippen LogP contribution in [0.3, 0.4) is 0 Å². The van der Waals surface area contributed by atoms with Crippen LogP contribution in [-0.2, 0) is 11.2 Å². The Kier molecular flexibility index (Phi) is 4.94. The average Bonchev–Trinajstić information content (AvgIpc) is 2.53. The second kappa shape index (κ2) is 7.11. The monoisotopic (exact) mass is 280 g/mol. The SMILES string of the molecule is COc1cccc(C[C@H](C#N)C(=O)Nc2ccccc2)c1. The molecule has 1 amide bonds. The van der Waals surface area contributed by atoms with Gasteiger partial charge in [-0.2, -0.15) is 5.26 Å². The first kappa shape index (κ1) is 14.6. The summed E-state index contributed by atoms with van der Waals surface area (Å²) in [4.78, 5) is 12.1. The Bertz CT molecular complexity index is 647. The van der Waals surface area contributed by atoms with Crippen molar-refractivity contribution < 1.29 is 9.53 Å². The summed E-state index contributed by atoms with van der Waals surface area (Å²) in [5.41, 5.74) is 1.58. The first-order valence-electron chi connectivity index (χ1n) is 6.61. The van der Waals surface area contributed by atoms with Gasteiger partial charge in [-0.1, -0.05) is 30.3 Å². The van der Waals surface area contributed by atoms with Gasteiger partial charge in [0.15, 0.2) is 0 Å². The molecule has 4 heteroatoms. The Balaban J connectivity index is 2.05. The summed E-state index contributed by atoms with van der Waals surface area (Å²) in [6.45, 7) is 0. The molecular formula is C17H16N2O2. The van der Waals surface area contributed by atoms with Gasteiger partial charge >= 0.3 is 0 Å². The number of anilines is 1. The van der Waals surface area contributed by atoms with Crippen molar-refractivity contribution in [2.75, 3.05) is 12.4 Å². The highest BCUT2D eigenvalue weighted by Gasteiger charge is 2.18.